The first-order chi connectivity index (χ1) is 8.40. The van der Waals surface area contributed by atoms with Gasteiger partial charge in [0, 0.05) is 13.8 Å². The summed E-state index contributed by atoms with van der Waals surface area (Å²) < 4.78 is 10.2. The van der Waals surface area contributed by atoms with E-state index < -0.39 is 11.9 Å². The van der Waals surface area contributed by atoms with Crippen molar-refractivity contribution >= 4 is 11.9 Å². The zero-order chi connectivity index (χ0) is 13.7. The maximum atomic E-state index is 11.1. The number of hydrogen-bond acceptors (Lipinski definition) is 4. The molecule has 0 saturated heterocycles. The molecule has 0 spiro atoms. The van der Waals surface area contributed by atoms with Crippen molar-refractivity contribution < 1.29 is 19.1 Å². The molecule has 98 valence electrons. The van der Waals surface area contributed by atoms with Crippen LogP contribution in [-0.4, -0.2) is 11.9 Å². The Balaban J connectivity index is 3.15. The first kappa shape index (κ1) is 14.2. The summed E-state index contributed by atoms with van der Waals surface area (Å²) in [6.45, 7) is 6.77. The van der Waals surface area contributed by atoms with E-state index in [1.54, 1.807) is 12.1 Å². The Morgan fingerprint density at radius 1 is 1.11 bits per heavy atom. The van der Waals surface area contributed by atoms with Crippen LogP contribution >= 0.6 is 0 Å². The Bertz CT molecular complexity index is 449. The van der Waals surface area contributed by atoms with Gasteiger partial charge in [-0.1, -0.05) is 26.0 Å². The second-order valence-electron chi connectivity index (χ2n) is 4.53. The molecule has 0 aliphatic heterocycles. The number of para-hydroxylation sites is 1. The van der Waals surface area contributed by atoms with Gasteiger partial charge < -0.3 is 9.47 Å². The smallest absolute Gasteiger partial charge is 0.308 e. The zero-order valence-electron chi connectivity index (χ0n) is 11.1. The fourth-order valence-electron chi connectivity index (χ4n) is 1.66. The maximum Gasteiger partial charge on any atom is 0.308 e. The number of ether oxygens (including phenoxy) is 2. The predicted octanol–water partition coefficient (Wildman–Crippen LogP) is 2.74. The molecule has 0 aliphatic carbocycles. The fraction of sp³-hybridized carbons (Fsp3) is 0.429. The highest BCUT2D eigenvalue weighted by atomic mass is 16.6. The van der Waals surface area contributed by atoms with E-state index in [9.17, 15) is 9.59 Å². The Hall–Kier alpha value is -1.84. The quantitative estimate of drug-likeness (QED) is 0.609. The van der Waals surface area contributed by atoms with E-state index in [4.69, 9.17) is 9.47 Å². The zero-order valence-corrected chi connectivity index (χ0v) is 11.1. The van der Waals surface area contributed by atoms with Gasteiger partial charge in [0.2, 0.25) is 0 Å². The van der Waals surface area contributed by atoms with E-state index in [-0.39, 0.29) is 5.75 Å². The van der Waals surface area contributed by atoms with Crippen molar-refractivity contribution in [2.75, 3.05) is 0 Å². The lowest BCUT2D eigenvalue weighted by atomic mass is 10.0. The molecule has 18 heavy (non-hydrogen) atoms. The summed E-state index contributed by atoms with van der Waals surface area (Å²) in [5, 5.41) is 0. The van der Waals surface area contributed by atoms with Crippen LogP contribution in [0.25, 0.3) is 0 Å². The number of hydrogen-bond donors (Lipinski definition) is 0. The van der Waals surface area contributed by atoms with Gasteiger partial charge in [-0.05, 0) is 24.0 Å². The van der Waals surface area contributed by atoms with Crippen molar-refractivity contribution in [3.63, 3.8) is 0 Å². The predicted molar refractivity (Wildman–Crippen MR) is 67.6 cm³/mol. The third-order valence-corrected chi connectivity index (χ3v) is 2.19. The van der Waals surface area contributed by atoms with E-state index in [1.165, 1.54) is 13.8 Å². The largest absolute Gasteiger partial charge is 0.423 e. The van der Waals surface area contributed by atoms with Crippen LogP contribution in [0, 0.1) is 5.92 Å². The first-order valence-electron chi connectivity index (χ1n) is 5.89. The molecule has 0 N–H and O–H groups in total. The van der Waals surface area contributed by atoms with Crippen LogP contribution in [0.4, 0.5) is 0 Å². The number of carbonyl (C=O) groups excluding carboxylic acids is 2. The molecule has 0 unspecified atom stereocenters. The highest BCUT2D eigenvalue weighted by Gasteiger charge is 2.15. The number of esters is 2. The molecule has 1 rings (SSSR count). The van der Waals surface area contributed by atoms with Crippen molar-refractivity contribution in [1.29, 1.82) is 0 Å². The molecule has 0 atom stereocenters. The highest BCUT2D eigenvalue weighted by Crippen LogP contribution is 2.33. The van der Waals surface area contributed by atoms with Crippen molar-refractivity contribution in [3.8, 4) is 11.5 Å². The third kappa shape index (κ3) is 4.20. The van der Waals surface area contributed by atoms with Crippen molar-refractivity contribution in [2.24, 2.45) is 5.92 Å². The molecule has 0 aromatic heterocycles. The summed E-state index contributed by atoms with van der Waals surface area (Å²) in [6.07, 6.45) is 0.748. The molecule has 4 nitrogen and oxygen atoms in total. The second kappa shape index (κ2) is 6.19. The van der Waals surface area contributed by atoms with E-state index in [2.05, 4.69) is 13.8 Å². The molecule has 0 fully saturated rings. The molecule has 0 bridgehead atoms. The Labute approximate surface area is 107 Å². The van der Waals surface area contributed by atoms with Crippen molar-refractivity contribution in [3.05, 3.63) is 23.8 Å². The van der Waals surface area contributed by atoms with Gasteiger partial charge in [0.05, 0.1) is 0 Å². The summed E-state index contributed by atoms with van der Waals surface area (Å²) in [5.41, 5.74) is 0.860. The SMILES string of the molecule is CC(=O)Oc1cccc(CC(C)C)c1OC(C)=O. The Morgan fingerprint density at radius 2 is 1.72 bits per heavy atom. The molecule has 0 radical (unpaired) electrons. The molecular weight excluding hydrogens is 232 g/mol. The molecule has 4 heteroatoms. The highest BCUT2D eigenvalue weighted by molar-refractivity contribution is 5.74. The van der Waals surface area contributed by atoms with Crippen molar-refractivity contribution in [1.82, 2.24) is 0 Å². The standard InChI is InChI=1S/C14H18O4/c1-9(2)8-12-6-5-7-13(17-10(3)15)14(12)18-11(4)16/h5-7,9H,8H2,1-4H3. The normalized spacial score (nSPS) is 10.3. The van der Waals surface area contributed by atoms with E-state index in [0.29, 0.717) is 11.7 Å². The van der Waals surface area contributed by atoms with Gasteiger partial charge in [-0.3, -0.25) is 9.59 Å². The van der Waals surface area contributed by atoms with Gasteiger partial charge in [-0.2, -0.15) is 0 Å². The summed E-state index contributed by atoms with van der Waals surface area (Å²) in [6, 6.07) is 5.26. The monoisotopic (exact) mass is 250 g/mol. The Morgan fingerprint density at radius 3 is 2.22 bits per heavy atom. The molecule has 0 aliphatic rings. The van der Waals surface area contributed by atoms with Gasteiger partial charge >= 0.3 is 11.9 Å². The molecule has 0 amide bonds. The van der Waals surface area contributed by atoms with Crippen LogP contribution in [0.15, 0.2) is 18.2 Å². The lowest BCUT2D eigenvalue weighted by Crippen LogP contribution is -2.10. The average molecular weight is 250 g/mol. The number of carbonyl (C=O) groups is 2. The third-order valence-electron chi connectivity index (χ3n) is 2.19. The van der Waals surface area contributed by atoms with Crippen LogP contribution in [0.3, 0.4) is 0 Å². The molecular formula is C14H18O4. The van der Waals surface area contributed by atoms with E-state index >= 15 is 0 Å². The van der Waals surface area contributed by atoms with Gasteiger partial charge in [0.1, 0.15) is 0 Å². The summed E-state index contributed by atoms with van der Waals surface area (Å²) in [7, 11) is 0. The minimum Gasteiger partial charge on any atom is -0.423 e. The van der Waals surface area contributed by atoms with Crippen LogP contribution < -0.4 is 9.47 Å². The van der Waals surface area contributed by atoms with Gasteiger partial charge in [-0.15, -0.1) is 0 Å². The van der Waals surface area contributed by atoms with Crippen LogP contribution in [0.1, 0.15) is 33.3 Å². The number of rotatable bonds is 4. The van der Waals surface area contributed by atoms with Gasteiger partial charge in [0.25, 0.3) is 0 Å². The fourth-order valence-corrected chi connectivity index (χ4v) is 1.66. The van der Waals surface area contributed by atoms with Crippen LogP contribution in [0.5, 0.6) is 11.5 Å². The molecule has 1 aromatic carbocycles. The minimum atomic E-state index is -0.440. The van der Waals surface area contributed by atoms with E-state index in [1.807, 2.05) is 6.07 Å². The molecule has 0 saturated carbocycles. The van der Waals surface area contributed by atoms with Crippen LogP contribution in [-0.2, 0) is 16.0 Å². The summed E-state index contributed by atoms with van der Waals surface area (Å²) in [4.78, 5) is 22.1. The molecule has 1 aromatic rings. The Kier molecular flexibility index (Phi) is 4.89. The summed E-state index contributed by atoms with van der Waals surface area (Å²) >= 11 is 0. The first-order valence-corrected chi connectivity index (χ1v) is 5.89. The van der Waals surface area contributed by atoms with Crippen LogP contribution in [0.2, 0.25) is 0 Å². The maximum absolute atomic E-state index is 11.1. The molecule has 0 heterocycles. The average Bonchev–Trinajstić information content (AvgIpc) is 2.20. The number of benzene rings is 1. The van der Waals surface area contributed by atoms with Gasteiger partial charge in [-0.25, -0.2) is 0 Å². The lowest BCUT2D eigenvalue weighted by molar-refractivity contribution is -0.134. The topological polar surface area (TPSA) is 52.6 Å². The van der Waals surface area contributed by atoms with E-state index in [0.717, 1.165) is 12.0 Å². The minimum absolute atomic E-state index is 0.288. The van der Waals surface area contributed by atoms with Crippen molar-refractivity contribution in [2.45, 2.75) is 34.1 Å². The lowest BCUT2D eigenvalue weighted by Gasteiger charge is -2.14. The van der Waals surface area contributed by atoms with Gasteiger partial charge in [0.15, 0.2) is 11.5 Å². The summed E-state index contributed by atoms with van der Waals surface area (Å²) in [5.74, 6) is 0.168. The second-order valence-corrected chi connectivity index (χ2v) is 4.53.